The van der Waals surface area contributed by atoms with E-state index in [1.807, 2.05) is 26.0 Å². The first-order chi connectivity index (χ1) is 9.52. The summed E-state index contributed by atoms with van der Waals surface area (Å²) in [4.78, 5) is 0. The summed E-state index contributed by atoms with van der Waals surface area (Å²) in [5.74, 6) is 1.43. The second-order valence-electron chi connectivity index (χ2n) is 5.84. The molecule has 0 unspecified atom stereocenters. The Labute approximate surface area is 126 Å². The Bertz CT molecular complexity index is 468. The van der Waals surface area contributed by atoms with Crippen LogP contribution in [0.1, 0.15) is 45.1 Å². The molecule has 0 aromatic heterocycles. The summed E-state index contributed by atoms with van der Waals surface area (Å²) in [5.41, 5.74) is 7.17. The first kappa shape index (κ1) is 15.5. The zero-order valence-corrected chi connectivity index (χ0v) is 13.3. The van der Waals surface area contributed by atoms with E-state index in [1.165, 1.54) is 12.8 Å². The predicted octanol–water partition coefficient (Wildman–Crippen LogP) is 3.91. The summed E-state index contributed by atoms with van der Waals surface area (Å²) in [7, 11) is 1.63. The van der Waals surface area contributed by atoms with E-state index >= 15 is 0 Å². The quantitative estimate of drug-likeness (QED) is 0.896. The molecule has 1 aliphatic carbocycles. The number of halogens is 1. The SMILES string of the molecule is COc1cc(Cl)c(C2(CN)CCCC2)cc1OC(C)C. The van der Waals surface area contributed by atoms with E-state index in [-0.39, 0.29) is 11.5 Å². The number of hydrogen-bond acceptors (Lipinski definition) is 3. The summed E-state index contributed by atoms with van der Waals surface area (Å²) in [5, 5.41) is 0.727. The van der Waals surface area contributed by atoms with Crippen molar-refractivity contribution >= 4 is 11.6 Å². The Kier molecular flexibility index (Phi) is 4.82. The van der Waals surface area contributed by atoms with E-state index < -0.39 is 0 Å². The minimum atomic E-state index is -0.00154. The third kappa shape index (κ3) is 2.89. The molecule has 0 saturated heterocycles. The molecule has 1 aromatic carbocycles. The van der Waals surface area contributed by atoms with Crippen LogP contribution in [0.5, 0.6) is 11.5 Å². The van der Waals surface area contributed by atoms with Crippen molar-refractivity contribution in [1.82, 2.24) is 0 Å². The summed E-state index contributed by atoms with van der Waals surface area (Å²) in [6.45, 7) is 4.63. The summed E-state index contributed by atoms with van der Waals surface area (Å²) in [6.07, 6.45) is 4.70. The van der Waals surface area contributed by atoms with Gasteiger partial charge >= 0.3 is 0 Å². The number of nitrogens with two attached hydrogens (primary N) is 1. The van der Waals surface area contributed by atoms with Crippen molar-refractivity contribution in [2.24, 2.45) is 5.73 Å². The average molecular weight is 298 g/mol. The van der Waals surface area contributed by atoms with Gasteiger partial charge in [-0.25, -0.2) is 0 Å². The van der Waals surface area contributed by atoms with E-state index in [9.17, 15) is 0 Å². The lowest BCUT2D eigenvalue weighted by molar-refractivity contribution is 0.229. The van der Waals surface area contributed by atoms with Crippen molar-refractivity contribution < 1.29 is 9.47 Å². The monoisotopic (exact) mass is 297 g/mol. The Balaban J connectivity index is 2.47. The first-order valence-electron chi connectivity index (χ1n) is 7.27. The van der Waals surface area contributed by atoms with Crippen LogP contribution in [0.25, 0.3) is 0 Å². The Hall–Kier alpha value is -0.930. The van der Waals surface area contributed by atoms with Gasteiger partial charge in [0.25, 0.3) is 0 Å². The van der Waals surface area contributed by atoms with E-state index in [1.54, 1.807) is 7.11 Å². The van der Waals surface area contributed by atoms with Crippen molar-refractivity contribution in [1.29, 1.82) is 0 Å². The zero-order chi connectivity index (χ0) is 14.8. The largest absolute Gasteiger partial charge is 0.493 e. The molecule has 1 saturated carbocycles. The van der Waals surface area contributed by atoms with Crippen LogP contribution in [0.4, 0.5) is 0 Å². The van der Waals surface area contributed by atoms with Crippen LogP contribution in [0, 0.1) is 0 Å². The number of methoxy groups -OCH3 is 1. The highest BCUT2D eigenvalue weighted by molar-refractivity contribution is 6.31. The van der Waals surface area contributed by atoms with Crippen LogP contribution in [0.2, 0.25) is 5.02 Å². The summed E-state index contributed by atoms with van der Waals surface area (Å²) in [6, 6.07) is 3.88. The summed E-state index contributed by atoms with van der Waals surface area (Å²) < 4.78 is 11.2. The van der Waals surface area contributed by atoms with Gasteiger partial charge in [0.15, 0.2) is 11.5 Å². The molecule has 4 heteroatoms. The second-order valence-corrected chi connectivity index (χ2v) is 6.25. The standard InChI is InChI=1S/C16H24ClNO2/c1-11(2)20-15-8-12(13(17)9-14(15)19-3)16(10-18)6-4-5-7-16/h8-9,11H,4-7,10,18H2,1-3H3. The maximum atomic E-state index is 6.47. The summed E-state index contributed by atoms with van der Waals surface area (Å²) >= 11 is 6.47. The Morgan fingerprint density at radius 3 is 2.40 bits per heavy atom. The number of rotatable bonds is 5. The highest BCUT2D eigenvalue weighted by Gasteiger charge is 2.36. The van der Waals surface area contributed by atoms with E-state index in [2.05, 4.69) is 0 Å². The zero-order valence-electron chi connectivity index (χ0n) is 12.5. The lowest BCUT2D eigenvalue weighted by Gasteiger charge is -2.30. The highest BCUT2D eigenvalue weighted by Crippen LogP contribution is 2.46. The minimum absolute atomic E-state index is 0.00154. The molecule has 20 heavy (non-hydrogen) atoms. The van der Waals surface area contributed by atoms with Crippen LogP contribution in [-0.2, 0) is 5.41 Å². The first-order valence-corrected chi connectivity index (χ1v) is 7.65. The van der Waals surface area contributed by atoms with Gasteiger partial charge in [-0.2, -0.15) is 0 Å². The van der Waals surface area contributed by atoms with Gasteiger partial charge in [0.2, 0.25) is 0 Å². The molecule has 1 aromatic rings. The Morgan fingerprint density at radius 1 is 1.25 bits per heavy atom. The smallest absolute Gasteiger partial charge is 0.162 e. The van der Waals surface area contributed by atoms with Crippen molar-refractivity contribution in [3.8, 4) is 11.5 Å². The van der Waals surface area contributed by atoms with E-state index in [4.69, 9.17) is 26.8 Å². The molecule has 0 radical (unpaired) electrons. The third-order valence-corrected chi connectivity index (χ3v) is 4.45. The molecule has 2 rings (SSSR count). The molecule has 0 bridgehead atoms. The van der Waals surface area contributed by atoms with Gasteiger partial charge in [-0.3, -0.25) is 0 Å². The highest BCUT2D eigenvalue weighted by atomic mass is 35.5. The molecule has 0 heterocycles. The van der Waals surface area contributed by atoms with Crippen LogP contribution in [-0.4, -0.2) is 19.8 Å². The molecule has 0 atom stereocenters. The molecular formula is C16H24ClNO2. The molecule has 112 valence electrons. The minimum Gasteiger partial charge on any atom is -0.493 e. The molecule has 0 amide bonds. The number of ether oxygens (including phenoxy) is 2. The van der Waals surface area contributed by atoms with E-state index in [0.29, 0.717) is 12.3 Å². The normalized spacial score (nSPS) is 17.5. The van der Waals surface area contributed by atoms with Gasteiger partial charge in [0.05, 0.1) is 13.2 Å². The van der Waals surface area contributed by atoms with Crippen LogP contribution in [0.3, 0.4) is 0 Å². The van der Waals surface area contributed by atoms with Gasteiger partial charge in [0, 0.05) is 23.0 Å². The van der Waals surface area contributed by atoms with Crippen LogP contribution in [0.15, 0.2) is 12.1 Å². The number of benzene rings is 1. The predicted molar refractivity (Wildman–Crippen MR) is 83.0 cm³/mol. The van der Waals surface area contributed by atoms with Gasteiger partial charge in [-0.05, 0) is 38.3 Å². The lowest BCUT2D eigenvalue weighted by atomic mass is 9.79. The molecule has 0 spiro atoms. The van der Waals surface area contributed by atoms with Gasteiger partial charge in [-0.15, -0.1) is 0 Å². The molecule has 3 nitrogen and oxygen atoms in total. The average Bonchev–Trinajstić information content (AvgIpc) is 2.89. The van der Waals surface area contributed by atoms with Crippen LogP contribution >= 0.6 is 11.6 Å². The maximum absolute atomic E-state index is 6.47. The Morgan fingerprint density at radius 2 is 1.90 bits per heavy atom. The fourth-order valence-electron chi connectivity index (χ4n) is 3.08. The topological polar surface area (TPSA) is 44.5 Å². The van der Waals surface area contributed by atoms with Crippen molar-refractivity contribution in [2.75, 3.05) is 13.7 Å². The maximum Gasteiger partial charge on any atom is 0.162 e. The fraction of sp³-hybridized carbons (Fsp3) is 0.625. The van der Waals surface area contributed by atoms with Crippen molar-refractivity contribution in [3.63, 3.8) is 0 Å². The van der Waals surface area contributed by atoms with Crippen molar-refractivity contribution in [2.45, 2.75) is 51.0 Å². The van der Waals surface area contributed by atoms with Crippen molar-refractivity contribution in [3.05, 3.63) is 22.7 Å². The fourth-order valence-corrected chi connectivity index (χ4v) is 3.44. The van der Waals surface area contributed by atoms with Gasteiger partial charge < -0.3 is 15.2 Å². The molecule has 2 N–H and O–H groups in total. The van der Waals surface area contributed by atoms with Crippen LogP contribution < -0.4 is 15.2 Å². The number of hydrogen-bond donors (Lipinski definition) is 1. The van der Waals surface area contributed by atoms with Gasteiger partial charge in [0.1, 0.15) is 0 Å². The van der Waals surface area contributed by atoms with E-state index in [0.717, 1.165) is 29.2 Å². The lowest BCUT2D eigenvalue weighted by Crippen LogP contribution is -2.32. The molecule has 1 aliphatic rings. The third-order valence-electron chi connectivity index (χ3n) is 4.14. The van der Waals surface area contributed by atoms with Gasteiger partial charge in [-0.1, -0.05) is 24.4 Å². The molecule has 0 aliphatic heterocycles. The molecule has 1 fully saturated rings. The molecular weight excluding hydrogens is 274 g/mol. The second kappa shape index (κ2) is 6.23.